The van der Waals surface area contributed by atoms with Crippen LogP contribution in [0.25, 0.3) is 0 Å². The van der Waals surface area contributed by atoms with E-state index in [1.807, 2.05) is 13.8 Å². The molecule has 1 aliphatic rings. The molecule has 0 aromatic carbocycles. The predicted molar refractivity (Wildman–Crippen MR) is 65.1 cm³/mol. The number of hydrogen-bond donors (Lipinski definition) is 2. The van der Waals surface area contributed by atoms with Gasteiger partial charge in [-0.25, -0.2) is 4.98 Å². The van der Waals surface area contributed by atoms with Crippen molar-refractivity contribution in [3.63, 3.8) is 0 Å². The first-order valence-corrected chi connectivity index (χ1v) is 6.64. The molecular weight excluding hydrogens is 238 g/mol. The molecule has 5 heteroatoms. The normalized spacial score (nSPS) is 29.2. The Labute approximate surface area is 104 Å². The van der Waals surface area contributed by atoms with Crippen LogP contribution in [-0.4, -0.2) is 21.2 Å². The highest BCUT2D eigenvalue weighted by Gasteiger charge is 2.39. The third-order valence-electron chi connectivity index (χ3n) is 3.59. The summed E-state index contributed by atoms with van der Waals surface area (Å²) in [4.78, 5) is 16.4. The Balaban J connectivity index is 2.14. The molecule has 17 heavy (non-hydrogen) atoms. The zero-order valence-corrected chi connectivity index (χ0v) is 10.9. The van der Waals surface area contributed by atoms with Crippen LogP contribution in [0.1, 0.15) is 41.3 Å². The van der Waals surface area contributed by atoms with Crippen LogP contribution in [0.4, 0.5) is 0 Å². The van der Waals surface area contributed by atoms with Crippen LogP contribution < -0.4 is 0 Å². The van der Waals surface area contributed by atoms with Gasteiger partial charge in [-0.05, 0) is 39.5 Å². The molecule has 0 aliphatic heterocycles. The molecule has 2 N–H and O–H groups in total. The zero-order chi connectivity index (χ0) is 12.6. The van der Waals surface area contributed by atoms with Crippen LogP contribution in [0, 0.1) is 19.8 Å². The highest BCUT2D eigenvalue weighted by atomic mass is 32.1. The van der Waals surface area contributed by atoms with Gasteiger partial charge in [0, 0.05) is 4.88 Å². The lowest BCUT2D eigenvalue weighted by atomic mass is 9.79. The fourth-order valence-corrected chi connectivity index (χ4v) is 3.29. The number of carboxylic acid groups (broad SMARTS) is 1. The van der Waals surface area contributed by atoms with Crippen LogP contribution in [0.2, 0.25) is 0 Å². The van der Waals surface area contributed by atoms with Crippen LogP contribution in [0.5, 0.6) is 0 Å². The van der Waals surface area contributed by atoms with Gasteiger partial charge in [-0.15, -0.1) is 11.3 Å². The molecular formula is C12H17NO3S. The molecule has 1 aromatic rings. The summed E-state index contributed by atoms with van der Waals surface area (Å²) in [6.07, 6.45) is 2.06. The Morgan fingerprint density at radius 1 is 1.41 bits per heavy atom. The fraction of sp³-hybridized carbons (Fsp3) is 0.667. The minimum Gasteiger partial charge on any atom is -0.481 e. The molecule has 1 saturated carbocycles. The van der Waals surface area contributed by atoms with E-state index >= 15 is 0 Å². The molecule has 1 aromatic heterocycles. The first-order chi connectivity index (χ1) is 7.92. The monoisotopic (exact) mass is 255 g/mol. The quantitative estimate of drug-likeness (QED) is 0.850. The predicted octanol–water partition coefficient (Wildman–Crippen LogP) is 2.22. The molecule has 0 saturated heterocycles. The molecule has 0 amide bonds. The molecule has 0 radical (unpaired) electrons. The summed E-state index contributed by atoms with van der Waals surface area (Å²) in [5.74, 6) is -1.06. The molecule has 1 aliphatic carbocycles. The number of nitrogens with zero attached hydrogens (tertiary/aromatic N) is 1. The maximum Gasteiger partial charge on any atom is 0.306 e. The third kappa shape index (κ3) is 2.35. The van der Waals surface area contributed by atoms with E-state index in [0.29, 0.717) is 25.7 Å². The molecule has 4 nitrogen and oxygen atoms in total. The van der Waals surface area contributed by atoms with Gasteiger partial charge >= 0.3 is 5.97 Å². The number of carbonyl (C=O) groups is 1. The lowest BCUT2D eigenvalue weighted by molar-refractivity contribution is -0.145. The van der Waals surface area contributed by atoms with Gasteiger partial charge in [0.15, 0.2) is 0 Å². The lowest BCUT2D eigenvalue weighted by Gasteiger charge is -2.32. The molecule has 0 bridgehead atoms. The highest BCUT2D eigenvalue weighted by Crippen LogP contribution is 2.41. The Morgan fingerprint density at radius 2 is 2.00 bits per heavy atom. The summed E-state index contributed by atoms with van der Waals surface area (Å²) in [6, 6.07) is 0. The Bertz CT molecular complexity index is 413. The van der Waals surface area contributed by atoms with Crippen molar-refractivity contribution < 1.29 is 15.0 Å². The summed E-state index contributed by atoms with van der Waals surface area (Å²) in [5, 5.41) is 20.2. The van der Waals surface area contributed by atoms with Crippen molar-refractivity contribution in [1.29, 1.82) is 0 Å². The average molecular weight is 255 g/mol. The van der Waals surface area contributed by atoms with Gasteiger partial charge in [-0.2, -0.15) is 0 Å². The standard InChI is InChI=1S/C12H17NO3S/c1-7-8(2)17-11(13-7)12(16)5-3-9(4-6-12)10(14)15/h9,16H,3-6H2,1-2H3,(H,14,15). The number of aryl methyl sites for hydroxylation is 2. The van der Waals surface area contributed by atoms with Crippen molar-refractivity contribution in [2.75, 3.05) is 0 Å². The van der Waals surface area contributed by atoms with E-state index in [0.717, 1.165) is 15.6 Å². The van der Waals surface area contributed by atoms with Crippen molar-refractivity contribution in [2.24, 2.45) is 5.92 Å². The molecule has 94 valence electrons. The largest absolute Gasteiger partial charge is 0.481 e. The van der Waals surface area contributed by atoms with Gasteiger partial charge in [-0.3, -0.25) is 4.79 Å². The van der Waals surface area contributed by atoms with E-state index < -0.39 is 11.6 Å². The van der Waals surface area contributed by atoms with Crippen molar-refractivity contribution in [3.8, 4) is 0 Å². The second-order valence-corrected chi connectivity index (χ2v) is 6.01. The van der Waals surface area contributed by atoms with Gasteiger partial charge < -0.3 is 10.2 Å². The van der Waals surface area contributed by atoms with E-state index in [1.54, 1.807) is 0 Å². The summed E-state index contributed by atoms with van der Waals surface area (Å²) >= 11 is 1.52. The highest BCUT2D eigenvalue weighted by molar-refractivity contribution is 7.11. The smallest absolute Gasteiger partial charge is 0.306 e. The van der Waals surface area contributed by atoms with Gasteiger partial charge in [0.1, 0.15) is 10.6 Å². The first-order valence-electron chi connectivity index (χ1n) is 5.82. The molecule has 1 heterocycles. The van der Waals surface area contributed by atoms with Crippen molar-refractivity contribution >= 4 is 17.3 Å². The Hall–Kier alpha value is -0.940. The van der Waals surface area contributed by atoms with E-state index in [9.17, 15) is 9.90 Å². The van der Waals surface area contributed by atoms with Crippen LogP contribution in [0.3, 0.4) is 0 Å². The maximum absolute atomic E-state index is 10.9. The lowest BCUT2D eigenvalue weighted by Crippen LogP contribution is -2.33. The van der Waals surface area contributed by atoms with Crippen LogP contribution >= 0.6 is 11.3 Å². The Morgan fingerprint density at radius 3 is 2.41 bits per heavy atom. The zero-order valence-electron chi connectivity index (χ0n) is 10.1. The summed E-state index contributed by atoms with van der Waals surface area (Å²) in [7, 11) is 0. The number of rotatable bonds is 2. The van der Waals surface area contributed by atoms with E-state index in [4.69, 9.17) is 5.11 Å². The van der Waals surface area contributed by atoms with Gasteiger partial charge in [0.2, 0.25) is 0 Å². The summed E-state index contributed by atoms with van der Waals surface area (Å²) in [5.41, 5.74) is 0.0501. The topological polar surface area (TPSA) is 70.4 Å². The SMILES string of the molecule is Cc1nc(C2(O)CCC(C(=O)O)CC2)sc1C. The average Bonchev–Trinajstić information content (AvgIpc) is 2.60. The molecule has 0 unspecified atom stereocenters. The second-order valence-electron chi connectivity index (χ2n) is 4.80. The third-order valence-corrected chi connectivity index (χ3v) is 4.85. The Kier molecular flexibility index (Phi) is 3.23. The van der Waals surface area contributed by atoms with Gasteiger partial charge in [0.05, 0.1) is 11.6 Å². The second kappa shape index (κ2) is 4.38. The molecule has 2 rings (SSSR count). The molecule has 1 fully saturated rings. The van der Waals surface area contributed by atoms with Crippen LogP contribution in [-0.2, 0) is 10.4 Å². The van der Waals surface area contributed by atoms with Crippen molar-refractivity contribution in [2.45, 2.75) is 45.1 Å². The molecule has 0 atom stereocenters. The maximum atomic E-state index is 10.9. The molecule has 0 spiro atoms. The number of hydrogen-bond acceptors (Lipinski definition) is 4. The summed E-state index contributed by atoms with van der Waals surface area (Å²) in [6.45, 7) is 3.92. The minimum atomic E-state index is -0.907. The van der Waals surface area contributed by atoms with Crippen LogP contribution in [0.15, 0.2) is 0 Å². The van der Waals surface area contributed by atoms with Gasteiger partial charge in [0.25, 0.3) is 0 Å². The number of aliphatic hydroxyl groups is 1. The van der Waals surface area contributed by atoms with Crippen molar-refractivity contribution in [1.82, 2.24) is 4.98 Å². The summed E-state index contributed by atoms with van der Waals surface area (Å²) < 4.78 is 0. The van der Waals surface area contributed by atoms with Gasteiger partial charge in [-0.1, -0.05) is 0 Å². The number of carboxylic acids is 1. The van der Waals surface area contributed by atoms with E-state index in [1.165, 1.54) is 11.3 Å². The number of aromatic nitrogens is 1. The minimum absolute atomic E-state index is 0.308. The van der Waals surface area contributed by atoms with E-state index in [-0.39, 0.29) is 5.92 Å². The number of thiazole rings is 1. The number of aliphatic carboxylic acids is 1. The van der Waals surface area contributed by atoms with E-state index in [2.05, 4.69) is 4.98 Å². The van der Waals surface area contributed by atoms with Crippen molar-refractivity contribution in [3.05, 3.63) is 15.6 Å². The first kappa shape index (κ1) is 12.5. The fourth-order valence-electron chi connectivity index (χ4n) is 2.23.